The second-order valence-electron chi connectivity index (χ2n) is 8.66. The smallest absolute Gasteiger partial charge is 0.271 e. The summed E-state index contributed by atoms with van der Waals surface area (Å²) in [5.74, 6) is 0. The van der Waals surface area contributed by atoms with Crippen LogP contribution in [-0.2, 0) is 10.1 Å². The molecule has 1 unspecified atom stereocenters. The van der Waals surface area contributed by atoms with Crippen LogP contribution in [0.15, 0.2) is 24.3 Å². The molecule has 0 aromatic heterocycles. The molecular formula is C24H45N2O5S+. The van der Waals surface area contributed by atoms with E-state index in [2.05, 4.69) is 27.7 Å². The van der Waals surface area contributed by atoms with E-state index in [1.54, 1.807) is 0 Å². The van der Waals surface area contributed by atoms with Crippen molar-refractivity contribution in [3.05, 3.63) is 39.9 Å². The predicted molar refractivity (Wildman–Crippen MR) is 132 cm³/mol. The number of rotatable bonds is 15. The third kappa shape index (κ3) is 11.9. The molecular weight excluding hydrogens is 428 g/mol. The van der Waals surface area contributed by atoms with Crippen LogP contribution in [0.1, 0.15) is 96.8 Å². The van der Waals surface area contributed by atoms with Crippen LogP contribution >= 0.6 is 0 Å². The molecule has 1 aromatic rings. The Balaban J connectivity index is 0.000000604. The van der Waals surface area contributed by atoms with E-state index in [-0.39, 0.29) is 11.3 Å². The number of quaternary nitrogens is 1. The van der Waals surface area contributed by atoms with Gasteiger partial charge in [-0.05, 0) is 38.2 Å². The van der Waals surface area contributed by atoms with Gasteiger partial charge in [-0.3, -0.25) is 14.7 Å². The van der Waals surface area contributed by atoms with Crippen molar-refractivity contribution in [1.82, 2.24) is 0 Å². The molecule has 0 fully saturated rings. The highest BCUT2D eigenvalue weighted by atomic mass is 32.2. The molecule has 7 nitrogen and oxygen atoms in total. The number of unbranched alkanes of at least 4 members (excludes halogenated alkanes) is 4. The third-order valence-corrected chi connectivity index (χ3v) is 7.11. The van der Waals surface area contributed by atoms with Crippen molar-refractivity contribution in [2.75, 3.05) is 26.2 Å². The average molecular weight is 474 g/mol. The molecule has 0 radical (unpaired) electrons. The van der Waals surface area contributed by atoms with E-state index in [1.807, 2.05) is 0 Å². The van der Waals surface area contributed by atoms with Crippen LogP contribution < -0.4 is 0 Å². The van der Waals surface area contributed by atoms with Gasteiger partial charge in [0, 0.05) is 12.1 Å². The number of nitro groups is 1. The molecule has 0 aliphatic rings. The SMILES string of the molecule is CC(c1cccc([N+](=O)[O-])c1)S(=O)(=O)O.CCCC[N+](CCCC)(CCCC)CCCC. The van der Waals surface area contributed by atoms with Gasteiger partial charge in [-0.25, -0.2) is 0 Å². The maximum absolute atomic E-state index is 10.8. The first-order valence-electron chi connectivity index (χ1n) is 12.1. The molecule has 1 rings (SSSR count). The van der Waals surface area contributed by atoms with Gasteiger partial charge in [0.15, 0.2) is 0 Å². The summed E-state index contributed by atoms with van der Waals surface area (Å²) in [5.41, 5.74) is -0.0188. The number of hydrogen-bond acceptors (Lipinski definition) is 4. The fourth-order valence-electron chi connectivity index (χ4n) is 3.71. The van der Waals surface area contributed by atoms with Gasteiger partial charge in [0.05, 0.1) is 31.1 Å². The molecule has 0 aliphatic heterocycles. The van der Waals surface area contributed by atoms with E-state index in [9.17, 15) is 18.5 Å². The second kappa shape index (κ2) is 16.2. The van der Waals surface area contributed by atoms with Gasteiger partial charge in [-0.2, -0.15) is 8.42 Å². The van der Waals surface area contributed by atoms with Crippen LogP contribution in [-0.4, -0.2) is 48.6 Å². The van der Waals surface area contributed by atoms with Crippen LogP contribution in [0.3, 0.4) is 0 Å². The molecule has 1 N–H and O–H groups in total. The van der Waals surface area contributed by atoms with Gasteiger partial charge in [0.1, 0.15) is 5.25 Å². The Labute approximate surface area is 195 Å². The van der Waals surface area contributed by atoms with Gasteiger partial charge in [0.2, 0.25) is 0 Å². The topological polar surface area (TPSA) is 97.5 Å². The van der Waals surface area contributed by atoms with Crippen molar-refractivity contribution in [3.8, 4) is 0 Å². The number of hydrogen-bond donors (Lipinski definition) is 1. The summed E-state index contributed by atoms with van der Waals surface area (Å²) in [6.45, 7) is 16.3. The van der Waals surface area contributed by atoms with Gasteiger partial charge >= 0.3 is 0 Å². The lowest BCUT2D eigenvalue weighted by Crippen LogP contribution is -2.50. The van der Waals surface area contributed by atoms with E-state index < -0.39 is 20.3 Å². The van der Waals surface area contributed by atoms with Crippen LogP contribution in [0.2, 0.25) is 0 Å². The Morgan fingerprint density at radius 3 is 1.62 bits per heavy atom. The summed E-state index contributed by atoms with van der Waals surface area (Å²) in [4.78, 5) is 9.79. The van der Waals surface area contributed by atoms with Crippen LogP contribution in [0.4, 0.5) is 5.69 Å². The number of non-ortho nitro benzene ring substituents is 1. The number of benzene rings is 1. The van der Waals surface area contributed by atoms with Gasteiger partial charge in [0.25, 0.3) is 15.8 Å². The fraction of sp³-hybridized carbons (Fsp3) is 0.750. The first kappa shape index (κ1) is 30.5. The molecule has 186 valence electrons. The van der Waals surface area contributed by atoms with Gasteiger partial charge < -0.3 is 4.48 Å². The molecule has 0 saturated heterocycles. The summed E-state index contributed by atoms with van der Waals surface area (Å²) >= 11 is 0. The molecule has 0 aliphatic carbocycles. The van der Waals surface area contributed by atoms with Crippen molar-refractivity contribution in [2.24, 2.45) is 0 Å². The molecule has 1 atom stereocenters. The van der Waals surface area contributed by atoms with Crippen LogP contribution in [0.25, 0.3) is 0 Å². The zero-order chi connectivity index (χ0) is 24.6. The minimum atomic E-state index is -4.22. The van der Waals surface area contributed by atoms with E-state index in [0.717, 1.165) is 6.07 Å². The molecule has 8 heteroatoms. The minimum absolute atomic E-state index is 0.187. The van der Waals surface area contributed by atoms with Gasteiger partial charge in [-0.15, -0.1) is 0 Å². The predicted octanol–water partition coefficient (Wildman–Crippen LogP) is 6.55. The first-order chi connectivity index (χ1) is 15.1. The lowest BCUT2D eigenvalue weighted by molar-refractivity contribution is -0.929. The van der Waals surface area contributed by atoms with E-state index in [4.69, 9.17) is 4.55 Å². The Hall–Kier alpha value is -1.51. The van der Waals surface area contributed by atoms with Crippen LogP contribution in [0.5, 0.6) is 0 Å². The highest BCUT2D eigenvalue weighted by Crippen LogP contribution is 2.24. The summed E-state index contributed by atoms with van der Waals surface area (Å²) in [5, 5.41) is 9.25. The van der Waals surface area contributed by atoms with Crippen molar-refractivity contribution >= 4 is 15.8 Å². The normalized spacial score (nSPS) is 12.7. The maximum atomic E-state index is 10.8. The van der Waals surface area contributed by atoms with E-state index in [0.29, 0.717) is 0 Å². The van der Waals surface area contributed by atoms with Crippen molar-refractivity contribution in [3.63, 3.8) is 0 Å². The van der Waals surface area contributed by atoms with Crippen molar-refractivity contribution in [1.29, 1.82) is 0 Å². The van der Waals surface area contributed by atoms with E-state index >= 15 is 0 Å². The number of nitro benzene ring substituents is 1. The monoisotopic (exact) mass is 473 g/mol. The largest absolute Gasteiger partial charge is 0.324 e. The Morgan fingerprint density at radius 1 is 0.906 bits per heavy atom. The maximum Gasteiger partial charge on any atom is 0.271 e. The lowest BCUT2D eigenvalue weighted by Gasteiger charge is -2.39. The number of nitrogens with zero attached hydrogens (tertiary/aromatic N) is 2. The van der Waals surface area contributed by atoms with Crippen molar-refractivity contribution < 1.29 is 22.4 Å². The standard InChI is InChI=1S/C16H36N.C8H9NO5S/c1-5-9-13-17(14-10-6-2,15-11-7-3)16-12-8-4;1-6(15(12,13)14)7-3-2-4-8(5-7)9(10)11/h5-16H2,1-4H3;2-6H,1H3,(H,12,13,14)/q+1;. The fourth-order valence-corrected chi connectivity index (χ4v) is 4.20. The molecule has 1 aromatic carbocycles. The molecule has 0 amide bonds. The zero-order valence-corrected chi connectivity index (χ0v) is 21.6. The minimum Gasteiger partial charge on any atom is -0.324 e. The van der Waals surface area contributed by atoms with Crippen LogP contribution in [0, 0.1) is 10.1 Å². The quantitative estimate of drug-likeness (QED) is 0.135. The lowest BCUT2D eigenvalue weighted by atomic mass is 10.1. The Bertz CT molecular complexity index is 715. The molecule has 0 saturated carbocycles. The molecule has 32 heavy (non-hydrogen) atoms. The van der Waals surface area contributed by atoms with E-state index in [1.165, 1.54) is 107 Å². The molecule has 0 spiro atoms. The Morgan fingerprint density at radius 2 is 1.31 bits per heavy atom. The highest BCUT2D eigenvalue weighted by molar-refractivity contribution is 7.86. The summed E-state index contributed by atoms with van der Waals surface area (Å²) < 4.78 is 31.8. The summed E-state index contributed by atoms with van der Waals surface area (Å²) in [6, 6.07) is 5.15. The highest BCUT2D eigenvalue weighted by Gasteiger charge is 2.24. The van der Waals surface area contributed by atoms with Gasteiger partial charge in [-0.1, -0.05) is 65.5 Å². The summed E-state index contributed by atoms with van der Waals surface area (Å²) in [6.07, 6.45) is 11.1. The average Bonchev–Trinajstić information content (AvgIpc) is 2.77. The second-order valence-corrected chi connectivity index (χ2v) is 10.4. The Kier molecular flexibility index (Phi) is 15.4. The summed E-state index contributed by atoms with van der Waals surface area (Å²) in [7, 11) is -4.22. The third-order valence-electron chi connectivity index (χ3n) is 5.94. The van der Waals surface area contributed by atoms with Crippen molar-refractivity contribution in [2.45, 2.75) is 91.2 Å². The molecule has 0 bridgehead atoms. The zero-order valence-electron chi connectivity index (χ0n) is 20.8. The first-order valence-corrected chi connectivity index (χ1v) is 13.6. The molecule has 0 heterocycles.